The summed E-state index contributed by atoms with van der Waals surface area (Å²) in [6, 6.07) is 6.35. The average Bonchev–Trinajstić information content (AvgIpc) is 2.37. The van der Waals surface area contributed by atoms with Gasteiger partial charge in [-0.3, -0.25) is 0 Å². The smallest absolute Gasteiger partial charge is 0.119 e. The SMILES string of the molecule is COc1ccc2c(c1)CN(C)CCS2.Cl. The molecule has 1 aromatic rings. The molecule has 1 aromatic carbocycles. The minimum atomic E-state index is 0. The summed E-state index contributed by atoms with van der Waals surface area (Å²) in [5.74, 6) is 2.13. The van der Waals surface area contributed by atoms with E-state index in [1.54, 1.807) is 7.11 Å². The Morgan fingerprint density at radius 3 is 2.93 bits per heavy atom. The fraction of sp³-hybridized carbons (Fsp3) is 0.455. The highest BCUT2D eigenvalue weighted by Gasteiger charge is 2.12. The van der Waals surface area contributed by atoms with E-state index in [4.69, 9.17) is 4.74 Å². The van der Waals surface area contributed by atoms with Gasteiger partial charge in [-0.15, -0.1) is 24.2 Å². The van der Waals surface area contributed by atoms with Crippen molar-refractivity contribution in [2.24, 2.45) is 0 Å². The van der Waals surface area contributed by atoms with Crippen LogP contribution >= 0.6 is 24.2 Å². The topological polar surface area (TPSA) is 12.5 Å². The third kappa shape index (κ3) is 3.03. The van der Waals surface area contributed by atoms with E-state index in [9.17, 15) is 0 Å². The van der Waals surface area contributed by atoms with E-state index >= 15 is 0 Å². The third-order valence-corrected chi connectivity index (χ3v) is 3.53. The molecule has 0 radical (unpaired) electrons. The number of benzene rings is 1. The Balaban J connectivity index is 0.00000112. The van der Waals surface area contributed by atoms with Gasteiger partial charge >= 0.3 is 0 Å². The summed E-state index contributed by atoms with van der Waals surface area (Å²) in [5, 5.41) is 0. The fourth-order valence-corrected chi connectivity index (χ4v) is 2.72. The van der Waals surface area contributed by atoms with Crippen molar-refractivity contribution in [2.45, 2.75) is 11.4 Å². The monoisotopic (exact) mass is 245 g/mol. The Kier molecular flexibility index (Phi) is 4.77. The number of ether oxygens (including phenoxy) is 1. The number of hydrogen-bond donors (Lipinski definition) is 0. The fourth-order valence-electron chi connectivity index (χ4n) is 1.63. The number of hydrogen-bond acceptors (Lipinski definition) is 3. The molecule has 84 valence electrons. The molecule has 0 amide bonds. The highest BCUT2D eigenvalue weighted by molar-refractivity contribution is 7.99. The molecule has 0 bridgehead atoms. The first-order valence-electron chi connectivity index (χ1n) is 4.78. The molecule has 2 nitrogen and oxygen atoms in total. The van der Waals surface area contributed by atoms with Crippen molar-refractivity contribution in [1.82, 2.24) is 4.90 Å². The minimum Gasteiger partial charge on any atom is -0.497 e. The standard InChI is InChI=1S/C11H15NOS.ClH/c1-12-5-6-14-11-4-3-10(13-2)7-9(11)8-12;/h3-4,7H,5-6,8H2,1-2H3;1H. The molecule has 0 aliphatic carbocycles. The van der Waals surface area contributed by atoms with E-state index in [-0.39, 0.29) is 12.4 Å². The van der Waals surface area contributed by atoms with Crippen molar-refractivity contribution >= 4 is 24.2 Å². The molecule has 15 heavy (non-hydrogen) atoms. The van der Waals surface area contributed by atoms with Crippen LogP contribution in [0.3, 0.4) is 0 Å². The van der Waals surface area contributed by atoms with Gasteiger partial charge in [-0.1, -0.05) is 0 Å². The Hall–Kier alpha value is -0.380. The van der Waals surface area contributed by atoms with Crippen molar-refractivity contribution in [3.8, 4) is 5.75 Å². The zero-order valence-corrected chi connectivity index (χ0v) is 10.7. The summed E-state index contributed by atoms with van der Waals surface area (Å²) >= 11 is 1.94. The zero-order valence-electron chi connectivity index (χ0n) is 9.03. The van der Waals surface area contributed by atoms with Crippen LogP contribution < -0.4 is 4.74 Å². The average molecular weight is 246 g/mol. The summed E-state index contributed by atoms with van der Waals surface area (Å²) in [4.78, 5) is 3.74. The van der Waals surface area contributed by atoms with Crippen LogP contribution in [0.2, 0.25) is 0 Å². The summed E-state index contributed by atoms with van der Waals surface area (Å²) in [7, 11) is 3.88. The number of fused-ring (bicyclic) bond motifs is 1. The van der Waals surface area contributed by atoms with Gasteiger partial charge in [0, 0.05) is 23.7 Å². The number of halogens is 1. The first-order chi connectivity index (χ1) is 6.79. The van der Waals surface area contributed by atoms with E-state index in [1.807, 2.05) is 17.8 Å². The lowest BCUT2D eigenvalue weighted by Gasteiger charge is -2.13. The summed E-state index contributed by atoms with van der Waals surface area (Å²) in [6.07, 6.45) is 0. The van der Waals surface area contributed by atoms with Gasteiger partial charge in [-0.2, -0.15) is 0 Å². The Labute approximate surface area is 101 Å². The lowest BCUT2D eigenvalue weighted by atomic mass is 10.2. The number of thioether (sulfide) groups is 1. The largest absolute Gasteiger partial charge is 0.497 e. The molecule has 0 atom stereocenters. The number of methoxy groups -OCH3 is 1. The molecule has 0 N–H and O–H groups in total. The molecule has 0 aromatic heterocycles. The number of nitrogens with zero attached hydrogens (tertiary/aromatic N) is 1. The van der Waals surface area contributed by atoms with Crippen LogP contribution in [0.25, 0.3) is 0 Å². The number of rotatable bonds is 1. The van der Waals surface area contributed by atoms with E-state index in [1.165, 1.54) is 16.2 Å². The minimum absolute atomic E-state index is 0. The third-order valence-electron chi connectivity index (χ3n) is 2.44. The molecule has 0 saturated heterocycles. The van der Waals surface area contributed by atoms with Gasteiger partial charge in [0.2, 0.25) is 0 Å². The second-order valence-corrected chi connectivity index (χ2v) is 4.70. The van der Waals surface area contributed by atoms with Crippen molar-refractivity contribution in [2.75, 3.05) is 26.5 Å². The quantitative estimate of drug-likeness (QED) is 0.755. The van der Waals surface area contributed by atoms with Gasteiger partial charge < -0.3 is 9.64 Å². The van der Waals surface area contributed by atoms with Crippen LogP contribution in [0.15, 0.2) is 23.1 Å². The predicted molar refractivity (Wildman–Crippen MR) is 67.3 cm³/mol. The Morgan fingerprint density at radius 1 is 1.40 bits per heavy atom. The molecule has 0 saturated carbocycles. The summed E-state index contributed by atoms with van der Waals surface area (Å²) in [5.41, 5.74) is 1.38. The van der Waals surface area contributed by atoms with Crippen LogP contribution in [0.4, 0.5) is 0 Å². The molecular formula is C11H16ClNOS. The molecule has 2 rings (SSSR count). The van der Waals surface area contributed by atoms with Crippen molar-refractivity contribution in [3.05, 3.63) is 23.8 Å². The molecule has 0 unspecified atom stereocenters. The van der Waals surface area contributed by atoms with Gasteiger partial charge in [0.15, 0.2) is 0 Å². The van der Waals surface area contributed by atoms with Gasteiger partial charge in [-0.25, -0.2) is 0 Å². The maximum absolute atomic E-state index is 5.23. The van der Waals surface area contributed by atoms with E-state index in [0.29, 0.717) is 0 Å². The lowest BCUT2D eigenvalue weighted by molar-refractivity contribution is 0.347. The maximum atomic E-state index is 5.23. The van der Waals surface area contributed by atoms with Gasteiger partial charge in [0.1, 0.15) is 5.75 Å². The highest BCUT2D eigenvalue weighted by atomic mass is 35.5. The van der Waals surface area contributed by atoms with E-state index in [2.05, 4.69) is 24.1 Å². The molecule has 4 heteroatoms. The highest BCUT2D eigenvalue weighted by Crippen LogP contribution is 2.29. The van der Waals surface area contributed by atoms with Gasteiger partial charge in [0.25, 0.3) is 0 Å². The predicted octanol–water partition coefficient (Wildman–Crippen LogP) is 2.65. The van der Waals surface area contributed by atoms with Crippen LogP contribution in [-0.4, -0.2) is 31.4 Å². The second-order valence-electron chi connectivity index (χ2n) is 3.56. The van der Waals surface area contributed by atoms with Crippen LogP contribution in [0.5, 0.6) is 5.75 Å². The van der Waals surface area contributed by atoms with Crippen molar-refractivity contribution in [3.63, 3.8) is 0 Å². The first-order valence-corrected chi connectivity index (χ1v) is 5.76. The normalized spacial score (nSPS) is 16.1. The van der Waals surface area contributed by atoms with Crippen LogP contribution in [-0.2, 0) is 6.54 Å². The van der Waals surface area contributed by atoms with Crippen molar-refractivity contribution < 1.29 is 4.74 Å². The maximum Gasteiger partial charge on any atom is 0.119 e. The van der Waals surface area contributed by atoms with E-state index in [0.717, 1.165) is 18.8 Å². The Morgan fingerprint density at radius 2 is 2.20 bits per heavy atom. The van der Waals surface area contributed by atoms with Gasteiger partial charge in [-0.05, 0) is 30.8 Å². The molecule has 0 fully saturated rings. The molecule has 1 heterocycles. The Bertz CT molecular complexity index is 332. The summed E-state index contributed by atoms with van der Waals surface area (Å²) in [6.45, 7) is 2.18. The molecule has 1 aliphatic rings. The summed E-state index contributed by atoms with van der Waals surface area (Å²) < 4.78 is 5.23. The zero-order chi connectivity index (χ0) is 9.97. The molecule has 1 aliphatic heterocycles. The first kappa shape index (κ1) is 12.7. The molecular weight excluding hydrogens is 230 g/mol. The lowest BCUT2D eigenvalue weighted by Crippen LogP contribution is -2.18. The van der Waals surface area contributed by atoms with Crippen molar-refractivity contribution in [1.29, 1.82) is 0 Å². The molecule has 0 spiro atoms. The second kappa shape index (κ2) is 5.64. The van der Waals surface area contributed by atoms with E-state index < -0.39 is 0 Å². The van der Waals surface area contributed by atoms with Gasteiger partial charge in [0.05, 0.1) is 7.11 Å². The van der Waals surface area contributed by atoms with Crippen LogP contribution in [0.1, 0.15) is 5.56 Å². The van der Waals surface area contributed by atoms with Crippen LogP contribution in [0, 0.1) is 0 Å².